The molecule has 2 heterocycles. The third-order valence-corrected chi connectivity index (χ3v) is 11.4. The van der Waals surface area contributed by atoms with Gasteiger partial charge in [-0.1, -0.05) is 121 Å². The molecule has 0 N–H and O–H groups in total. The summed E-state index contributed by atoms with van der Waals surface area (Å²) in [4.78, 5) is 0. The molecule has 0 spiro atoms. The van der Waals surface area contributed by atoms with Crippen molar-refractivity contribution in [1.82, 2.24) is 0 Å². The van der Waals surface area contributed by atoms with E-state index in [4.69, 9.17) is 0 Å². The summed E-state index contributed by atoms with van der Waals surface area (Å²) >= 11 is 3.73. The van der Waals surface area contributed by atoms with E-state index in [2.05, 4.69) is 156 Å². The summed E-state index contributed by atoms with van der Waals surface area (Å²) in [5.74, 6) is 0. The van der Waals surface area contributed by atoms with Crippen LogP contribution in [0.25, 0.3) is 97.0 Å². The molecular formula is C44H26S2. The van der Waals surface area contributed by atoms with Crippen molar-refractivity contribution in [1.29, 1.82) is 0 Å². The third-order valence-electron chi connectivity index (χ3n) is 9.52. The highest BCUT2D eigenvalue weighted by atomic mass is 32.1. The smallest absolute Gasteiger partial charge is 0.0428 e. The number of fused-ring (bicyclic) bond motifs is 4. The number of rotatable bonds is 4. The van der Waals surface area contributed by atoms with Crippen LogP contribution in [0.2, 0.25) is 0 Å². The van der Waals surface area contributed by atoms with Crippen LogP contribution >= 0.6 is 22.7 Å². The summed E-state index contributed by atoms with van der Waals surface area (Å²) in [5.41, 5.74) is 10.3. The lowest BCUT2D eigenvalue weighted by Gasteiger charge is -2.26. The van der Waals surface area contributed by atoms with Crippen molar-refractivity contribution < 1.29 is 0 Å². The molecule has 0 amide bonds. The molecule has 0 radical (unpaired) electrons. The fourth-order valence-electron chi connectivity index (χ4n) is 7.73. The lowest BCUT2D eigenvalue weighted by atomic mass is 9.77. The van der Waals surface area contributed by atoms with Crippen molar-refractivity contribution in [3.8, 4) is 44.5 Å². The maximum atomic E-state index is 2.47. The van der Waals surface area contributed by atoms with Gasteiger partial charge in [0.15, 0.2) is 0 Å². The van der Waals surface area contributed by atoms with Crippen LogP contribution < -0.4 is 0 Å². The van der Waals surface area contributed by atoms with E-state index in [1.54, 1.807) is 0 Å². The zero-order valence-corrected chi connectivity index (χ0v) is 26.5. The Kier molecular flexibility index (Phi) is 5.72. The van der Waals surface area contributed by atoms with Crippen molar-refractivity contribution in [3.05, 3.63) is 156 Å². The van der Waals surface area contributed by atoms with Crippen LogP contribution in [-0.2, 0) is 0 Å². The van der Waals surface area contributed by atoms with Crippen molar-refractivity contribution in [2.45, 2.75) is 0 Å². The second-order valence-electron chi connectivity index (χ2n) is 12.0. The van der Waals surface area contributed by atoms with Gasteiger partial charge in [-0.05, 0) is 101 Å². The predicted octanol–water partition coefficient (Wildman–Crippen LogP) is 13.7. The summed E-state index contributed by atoms with van der Waals surface area (Å²) in [6.07, 6.45) is 0. The second-order valence-corrected chi connectivity index (χ2v) is 13.8. The highest BCUT2D eigenvalue weighted by Gasteiger charge is 2.28. The highest BCUT2D eigenvalue weighted by molar-refractivity contribution is 7.19. The Labute approximate surface area is 274 Å². The minimum absolute atomic E-state index is 1.25. The Bertz CT molecular complexity index is 2510. The zero-order valence-electron chi connectivity index (χ0n) is 24.8. The van der Waals surface area contributed by atoms with Crippen LogP contribution in [-0.4, -0.2) is 0 Å². The standard InChI is InChI=1S/C44H26S2/c1-5-13-27(14-6-1)35-33-25-31-21-23-46-44(31)42-38(30-19-11-4-12-20-30)36(28-15-7-2-8-16-28)34-26-32-22-24-45-43(32)41(40(34)39(33)42)37(35)29-17-9-3-10-18-29/h1-26H. The first-order valence-corrected chi connectivity index (χ1v) is 17.4. The van der Waals surface area contributed by atoms with Gasteiger partial charge >= 0.3 is 0 Å². The van der Waals surface area contributed by atoms with Crippen LogP contribution in [0.4, 0.5) is 0 Å². The second kappa shape index (κ2) is 10.1. The first kappa shape index (κ1) is 26.0. The van der Waals surface area contributed by atoms with Crippen LogP contribution in [0.3, 0.4) is 0 Å². The number of benzene rings is 8. The molecule has 2 aromatic heterocycles. The molecule has 0 saturated carbocycles. The van der Waals surface area contributed by atoms with Crippen LogP contribution in [0, 0.1) is 0 Å². The van der Waals surface area contributed by atoms with Gasteiger partial charge in [0.1, 0.15) is 0 Å². The van der Waals surface area contributed by atoms with E-state index in [1.165, 1.54) is 97.0 Å². The van der Waals surface area contributed by atoms with Gasteiger partial charge in [0.25, 0.3) is 0 Å². The van der Waals surface area contributed by atoms with Gasteiger partial charge in [0.2, 0.25) is 0 Å². The van der Waals surface area contributed by atoms with Crippen LogP contribution in [0.1, 0.15) is 0 Å². The maximum Gasteiger partial charge on any atom is 0.0428 e. The van der Waals surface area contributed by atoms with Gasteiger partial charge in [0, 0.05) is 30.9 Å². The molecule has 0 bridgehead atoms. The van der Waals surface area contributed by atoms with Gasteiger partial charge in [-0.3, -0.25) is 0 Å². The molecule has 46 heavy (non-hydrogen) atoms. The molecular weight excluding hydrogens is 593 g/mol. The quantitative estimate of drug-likeness (QED) is 0.172. The molecule has 0 nitrogen and oxygen atoms in total. The molecule has 0 saturated heterocycles. The Morgan fingerprint density at radius 2 is 0.630 bits per heavy atom. The van der Waals surface area contributed by atoms with Crippen LogP contribution in [0.5, 0.6) is 0 Å². The van der Waals surface area contributed by atoms with E-state index in [0.29, 0.717) is 0 Å². The Hall–Kier alpha value is -5.28. The van der Waals surface area contributed by atoms with Crippen molar-refractivity contribution in [3.63, 3.8) is 0 Å². The fraction of sp³-hybridized carbons (Fsp3) is 0. The average molecular weight is 619 g/mol. The minimum Gasteiger partial charge on any atom is -0.143 e. The molecule has 0 atom stereocenters. The summed E-state index contributed by atoms with van der Waals surface area (Å²) in [6.45, 7) is 0. The molecule has 214 valence electrons. The predicted molar refractivity (Wildman–Crippen MR) is 203 cm³/mol. The van der Waals surface area contributed by atoms with Crippen molar-refractivity contribution in [2.24, 2.45) is 0 Å². The first-order chi connectivity index (χ1) is 22.9. The fourth-order valence-corrected chi connectivity index (χ4v) is 9.60. The molecule has 0 aliphatic heterocycles. The number of hydrogen-bond donors (Lipinski definition) is 0. The van der Waals surface area contributed by atoms with Gasteiger partial charge in [-0.2, -0.15) is 0 Å². The van der Waals surface area contributed by atoms with E-state index in [1.807, 2.05) is 22.7 Å². The average Bonchev–Trinajstić information content (AvgIpc) is 3.80. The van der Waals surface area contributed by atoms with E-state index in [0.717, 1.165) is 0 Å². The van der Waals surface area contributed by atoms with E-state index in [-0.39, 0.29) is 0 Å². The molecule has 0 aliphatic rings. The SMILES string of the molecule is c1ccc(-c2c(-c3ccccc3)c3c4sccc4cc4c(-c5ccccc5)c(-c5ccccc5)c5c6sccc6cc2c5c43)cc1. The summed E-state index contributed by atoms with van der Waals surface area (Å²) in [7, 11) is 0. The van der Waals surface area contributed by atoms with E-state index < -0.39 is 0 Å². The molecule has 0 fully saturated rings. The molecule has 8 aromatic carbocycles. The molecule has 10 aromatic rings. The number of thiophene rings is 2. The molecule has 0 unspecified atom stereocenters. The third kappa shape index (κ3) is 3.66. The lowest BCUT2D eigenvalue weighted by Crippen LogP contribution is -1.98. The first-order valence-electron chi connectivity index (χ1n) is 15.7. The summed E-state index contributed by atoms with van der Waals surface area (Å²) in [6, 6.07) is 53.8. The van der Waals surface area contributed by atoms with Gasteiger partial charge < -0.3 is 0 Å². The monoisotopic (exact) mass is 618 g/mol. The summed E-state index contributed by atoms with van der Waals surface area (Å²) < 4.78 is 2.70. The summed E-state index contributed by atoms with van der Waals surface area (Å²) in [5, 5.41) is 15.2. The largest absolute Gasteiger partial charge is 0.143 e. The van der Waals surface area contributed by atoms with Gasteiger partial charge in [-0.15, -0.1) is 22.7 Å². The molecule has 0 aliphatic carbocycles. The van der Waals surface area contributed by atoms with Crippen molar-refractivity contribution >= 4 is 75.2 Å². The van der Waals surface area contributed by atoms with Gasteiger partial charge in [-0.25, -0.2) is 0 Å². The molecule has 10 rings (SSSR count). The Morgan fingerprint density at radius 1 is 0.304 bits per heavy atom. The Balaban J connectivity index is 1.61. The lowest BCUT2D eigenvalue weighted by molar-refractivity contribution is 1.63. The minimum atomic E-state index is 1.25. The van der Waals surface area contributed by atoms with E-state index >= 15 is 0 Å². The zero-order chi connectivity index (χ0) is 30.2. The molecule has 2 heteroatoms. The normalized spacial score (nSPS) is 11.9. The van der Waals surface area contributed by atoms with Gasteiger partial charge in [0.05, 0.1) is 0 Å². The van der Waals surface area contributed by atoms with E-state index in [9.17, 15) is 0 Å². The van der Waals surface area contributed by atoms with Crippen molar-refractivity contribution in [2.75, 3.05) is 0 Å². The highest BCUT2D eigenvalue weighted by Crippen LogP contribution is 2.57. The Morgan fingerprint density at radius 3 is 0.978 bits per heavy atom. The topological polar surface area (TPSA) is 0 Å². The maximum absolute atomic E-state index is 2.47. The number of hydrogen-bond acceptors (Lipinski definition) is 2. The van der Waals surface area contributed by atoms with Crippen LogP contribution in [0.15, 0.2) is 156 Å².